The molecule has 2 rings (SSSR count). The molecule has 2 amide bonds. The van der Waals surface area contributed by atoms with Crippen LogP contribution in [0.5, 0.6) is 0 Å². The Kier molecular flexibility index (Phi) is 7.91. The van der Waals surface area contributed by atoms with Crippen LogP contribution in [0.15, 0.2) is 28.7 Å². The number of halogens is 1. The first-order chi connectivity index (χ1) is 12.4. The zero-order valence-corrected chi connectivity index (χ0v) is 17.8. The molecule has 0 radical (unpaired) electrons. The highest BCUT2D eigenvalue weighted by Gasteiger charge is 2.29. The minimum atomic E-state index is -3.33. The zero-order chi connectivity index (χ0) is 19.2. The van der Waals surface area contributed by atoms with Crippen molar-refractivity contribution in [3.63, 3.8) is 0 Å². The highest BCUT2D eigenvalue weighted by molar-refractivity contribution is 9.10. The van der Waals surface area contributed by atoms with Crippen LogP contribution in [0, 0.1) is 5.92 Å². The van der Waals surface area contributed by atoms with E-state index in [-0.39, 0.29) is 24.4 Å². The largest absolute Gasteiger partial charge is 0.337 e. The lowest BCUT2D eigenvalue weighted by Crippen LogP contribution is -2.44. The summed E-state index contributed by atoms with van der Waals surface area (Å²) in [5.41, 5.74) is 1.07. The van der Waals surface area contributed by atoms with E-state index in [1.165, 1.54) is 10.7 Å². The maximum atomic E-state index is 12.3. The predicted molar refractivity (Wildman–Crippen MR) is 107 cm³/mol. The van der Waals surface area contributed by atoms with Crippen molar-refractivity contribution in [1.29, 1.82) is 0 Å². The summed E-state index contributed by atoms with van der Waals surface area (Å²) in [6.45, 7) is 4.60. The van der Waals surface area contributed by atoms with Gasteiger partial charge in [0, 0.05) is 24.1 Å². The van der Waals surface area contributed by atoms with E-state index in [2.05, 4.69) is 26.6 Å². The van der Waals surface area contributed by atoms with Gasteiger partial charge < -0.3 is 10.6 Å². The number of rotatable bonds is 9. The van der Waals surface area contributed by atoms with Crippen molar-refractivity contribution in [2.45, 2.75) is 39.2 Å². The SMILES string of the molecule is CCN(CC)S(=O)(=O)CCNC(=O)NC(c1ccc(Br)cc1)C1CCC1. The van der Waals surface area contributed by atoms with Crippen molar-refractivity contribution >= 4 is 32.0 Å². The van der Waals surface area contributed by atoms with Gasteiger partial charge in [0.25, 0.3) is 0 Å². The molecule has 1 fully saturated rings. The van der Waals surface area contributed by atoms with E-state index in [1.807, 2.05) is 38.1 Å². The van der Waals surface area contributed by atoms with Crippen LogP contribution in [0.25, 0.3) is 0 Å². The van der Waals surface area contributed by atoms with Gasteiger partial charge in [0.2, 0.25) is 10.0 Å². The molecule has 0 aromatic heterocycles. The Balaban J connectivity index is 1.90. The number of carbonyl (C=O) groups is 1. The van der Waals surface area contributed by atoms with Crippen molar-refractivity contribution in [2.75, 3.05) is 25.4 Å². The smallest absolute Gasteiger partial charge is 0.315 e. The summed E-state index contributed by atoms with van der Waals surface area (Å²) in [7, 11) is -3.33. The molecule has 0 aliphatic heterocycles. The van der Waals surface area contributed by atoms with E-state index in [1.54, 1.807) is 0 Å². The van der Waals surface area contributed by atoms with Crippen LogP contribution in [0.3, 0.4) is 0 Å². The van der Waals surface area contributed by atoms with E-state index in [0.717, 1.165) is 22.9 Å². The van der Waals surface area contributed by atoms with Gasteiger partial charge in [-0.1, -0.05) is 48.3 Å². The lowest BCUT2D eigenvalue weighted by molar-refractivity contribution is 0.208. The van der Waals surface area contributed by atoms with Crippen LogP contribution >= 0.6 is 15.9 Å². The maximum Gasteiger partial charge on any atom is 0.315 e. The molecule has 2 N–H and O–H groups in total. The number of sulfonamides is 1. The monoisotopic (exact) mass is 445 g/mol. The molecule has 8 heteroatoms. The molecule has 1 aliphatic carbocycles. The molecule has 0 heterocycles. The van der Waals surface area contributed by atoms with Gasteiger partial charge in [-0.05, 0) is 36.5 Å². The molecular formula is C18H28BrN3O3S. The topological polar surface area (TPSA) is 78.5 Å². The van der Waals surface area contributed by atoms with E-state index >= 15 is 0 Å². The van der Waals surface area contributed by atoms with Crippen LogP contribution in [-0.4, -0.2) is 44.1 Å². The summed E-state index contributed by atoms with van der Waals surface area (Å²) in [4.78, 5) is 12.3. The van der Waals surface area contributed by atoms with Crippen LogP contribution in [0.2, 0.25) is 0 Å². The second kappa shape index (κ2) is 9.71. The lowest BCUT2D eigenvalue weighted by atomic mass is 9.77. The fourth-order valence-electron chi connectivity index (χ4n) is 3.15. The number of carbonyl (C=O) groups excluding carboxylic acids is 1. The molecule has 1 aromatic rings. The summed E-state index contributed by atoms with van der Waals surface area (Å²) in [6.07, 6.45) is 3.37. The molecule has 6 nitrogen and oxygen atoms in total. The number of hydrogen-bond acceptors (Lipinski definition) is 3. The van der Waals surface area contributed by atoms with Gasteiger partial charge in [-0.2, -0.15) is 0 Å². The third-order valence-corrected chi connectivity index (χ3v) is 7.43. The summed E-state index contributed by atoms with van der Waals surface area (Å²) >= 11 is 3.43. The number of nitrogens with zero attached hydrogens (tertiary/aromatic N) is 1. The maximum absolute atomic E-state index is 12.3. The van der Waals surface area contributed by atoms with Crippen LogP contribution < -0.4 is 10.6 Å². The van der Waals surface area contributed by atoms with Crippen molar-refractivity contribution in [3.05, 3.63) is 34.3 Å². The molecule has 26 heavy (non-hydrogen) atoms. The zero-order valence-electron chi connectivity index (χ0n) is 15.4. The number of hydrogen-bond donors (Lipinski definition) is 2. The Morgan fingerprint density at radius 2 is 1.85 bits per heavy atom. The van der Waals surface area contributed by atoms with Crippen LogP contribution in [0.4, 0.5) is 4.79 Å². The van der Waals surface area contributed by atoms with Crippen molar-refractivity contribution in [2.24, 2.45) is 5.92 Å². The highest BCUT2D eigenvalue weighted by atomic mass is 79.9. The van der Waals surface area contributed by atoms with E-state index < -0.39 is 10.0 Å². The van der Waals surface area contributed by atoms with E-state index in [0.29, 0.717) is 19.0 Å². The lowest BCUT2D eigenvalue weighted by Gasteiger charge is -2.34. The quantitative estimate of drug-likeness (QED) is 0.611. The second-order valence-electron chi connectivity index (χ2n) is 6.52. The van der Waals surface area contributed by atoms with E-state index in [9.17, 15) is 13.2 Å². The first-order valence-electron chi connectivity index (χ1n) is 9.15. The van der Waals surface area contributed by atoms with Gasteiger partial charge in [-0.25, -0.2) is 17.5 Å². The Morgan fingerprint density at radius 3 is 2.35 bits per heavy atom. The fourth-order valence-corrected chi connectivity index (χ4v) is 4.82. The molecule has 0 spiro atoms. The van der Waals surface area contributed by atoms with Gasteiger partial charge in [-0.3, -0.25) is 0 Å². The minimum Gasteiger partial charge on any atom is -0.337 e. The molecule has 0 bridgehead atoms. The standard InChI is InChI=1S/C18H28BrN3O3S/c1-3-22(4-2)26(24,25)13-12-20-18(23)21-17(14-6-5-7-14)15-8-10-16(19)11-9-15/h8-11,14,17H,3-7,12-13H2,1-2H3,(H2,20,21,23). The number of urea groups is 1. The molecular weight excluding hydrogens is 418 g/mol. The Bertz CT molecular complexity index is 686. The average Bonchev–Trinajstić information content (AvgIpc) is 2.54. The summed E-state index contributed by atoms with van der Waals surface area (Å²) in [5, 5.41) is 5.72. The number of benzene rings is 1. The van der Waals surface area contributed by atoms with E-state index in [4.69, 9.17) is 0 Å². The van der Waals surface area contributed by atoms with Crippen LogP contribution in [-0.2, 0) is 10.0 Å². The number of amides is 2. The average molecular weight is 446 g/mol. The molecule has 1 aromatic carbocycles. The first-order valence-corrected chi connectivity index (χ1v) is 11.5. The molecule has 0 saturated heterocycles. The number of nitrogens with one attached hydrogen (secondary N) is 2. The fraction of sp³-hybridized carbons (Fsp3) is 0.611. The van der Waals surface area contributed by atoms with Crippen molar-refractivity contribution in [1.82, 2.24) is 14.9 Å². The predicted octanol–water partition coefficient (Wildman–Crippen LogP) is 3.26. The third kappa shape index (κ3) is 5.69. The van der Waals surface area contributed by atoms with Gasteiger partial charge in [0.05, 0.1) is 11.8 Å². The third-order valence-electron chi connectivity index (χ3n) is 4.88. The summed E-state index contributed by atoms with van der Waals surface area (Å²) in [6, 6.07) is 7.60. The highest BCUT2D eigenvalue weighted by Crippen LogP contribution is 2.37. The molecule has 146 valence electrons. The normalized spacial score (nSPS) is 16.2. The van der Waals surface area contributed by atoms with Gasteiger partial charge >= 0.3 is 6.03 Å². The molecule has 1 atom stereocenters. The summed E-state index contributed by atoms with van der Waals surface area (Å²) in [5.74, 6) is 0.343. The van der Waals surface area contributed by atoms with Crippen molar-refractivity contribution in [3.8, 4) is 0 Å². The minimum absolute atomic E-state index is 0.0451. The second-order valence-corrected chi connectivity index (χ2v) is 9.52. The summed E-state index contributed by atoms with van der Waals surface area (Å²) < 4.78 is 26.7. The van der Waals surface area contributed by atoms with Crippen molar-refractivity contribution < 1.29 is 13.2 Å². The Hall–Kier alpha value is -1.12. The molecule has 1 unspecified atom stereocenters. The molecule has 1 saturated carbocycles. The molecule has 1 aliphatic rings. The Labute approximate surface area is 164 Å². The van der Waals surface area contributed by atoms with Gasteiger partial charge in [0.1, 0.15) is 0 Å². The van der Waals surface area contributed by atoms with Gasteiger partial charge in [0.15, 0.2) is 0 Å². The first kappa shape index (κ1) is 21.2. The van der Waals surface area contributed by atoms with Gasteiger partial charge in [-0.15, -0.1) is 0 Å². The van der Waals surface area contributed by atoms with Crippen LogP contribution in [0.1, 0.15) is 44.7 Å². The Morgan fingerprint density at radius 1 is 1.23 bits per heavy atom.